The van der Waals surface area contributed by atoms with Crippen molar-refractivity contribution in [3.8, 4) is 11.5 Å². The van der Waals surface area contributed by atoms with Crippen LogP contribution in [0.1, 0.15) is 22.8 Å². The topological polar surface area (TPSA) is 149 Å². The largest absolute Gasteiger partial charge is 0.454 e. The molecule has 0 aliphatic carbocycles. The Balaban J connectivity index is 1.24. The molecular weight excluding hydrogens is 584 g/mol. The first kappa shape index (κ1) is 29.9. The van der Waals surface area contributed by atoms with E-state index in [1.807, 2.05) is 0 Å². The van der Waals surface area contributed by atoms with Gasteiger partial charge in [0, 0.05) is 40.0 Å². The number of amides is 3. The molecule has 1 heterocycles. The molecule has 0 aromatic heterocycles. The SMILES string of the molecule is CC(Sc1ccc(NC(=O)/C(=C/c2ccc([N+](=O)[O-])cc2)NC(=O)c2ccccc2)cc1)C(=O)Nc1ccc2c(c1)OCO2. The summed E-state index contributed by atoms with van der Waals surface area (Å²) < 4.78 is 10.7. The number of fused-ring (bicyclic) bond motifs is 1. The molecule has 1 aliphatic rings. The molecule has 1 unspecified atom stereocenters. The molecule has 5 rings (SSSR count). The van der Waals surface area contributed by atoms with Crippen molar-refractivity contribution in [2.24, 2.45) is 0 Å². The number of nitrogens with zero attached hydrogens (tertiary/aromatic N) is 1. The molecule has 0 saturated carbocycles. The molecular formula is C32H26N4O7S. The van der Waals surface area contributed by atoms with Crippen LogP contribution >= 0.6 is 11.8 Å². The fourth-order valence-corrected chi connectivity index (χ4v) is 4.96. The quantitative estimate of drug-likeness (QED) is 0.0876. The number of non-ortho nitro benzene ring substituents is 1. The lowest BCUT2D eigenvalue weighted by Crippen LogP contribution is -2.30. The van der Waals surface area contributed by atoms with Crippen LogP contribution in [-0.4, -0.2) is 34.7 Å². The zero-order chi connectivity index (χ0) is 31.1. The Kier molecular flexibility index (Phi) is 9.21. The average Bonchev–Trinajstić information content (AvgIpc) is 3.50. The van der Waals surface area contributed by atoms with E-state index in [1.165, 1.54) is 42.1 Å². The summed E-state index contributed by atoms with van der Waals surface area (Å²) in [7, 11) is 0. The number of ether oxygens (including phenoxy) is 2. The van der Waals surface area contributed by atoms with Crippen molar-refractivity contribution in [1.82, 2.24) is 5.32 Å². The predicted molar refractivity (Wildman–Crippen MR) is 167 cm³/mol. The predicted octanol–water partition coefficient (Wildman–Crippen LogP) is 5.85. The highest BCUT2D eigenvalue weighted by Crippen LogP contribution is 2.34. The Morgan fingerprint density at radius 3 is 2.25 bits per heavy atom. The number of nitrogens with one attached hydrogen (secondary N) is 3. The van der Waals surface area contributed by atoms with Gasteiger partial charge in [-0.05, 0) is 79.2 Å². The van der Waals surface area contributed by atoms with Gasteiger partial charge < -0.3 is 25.4 Å². The number of nitro benzene ring substituents is 1. The van der Waals surface area contributed by atoms with Crippen LogP contribution in [0.3, 0.4) is 0 Å². The first-order valence-electron chi connectivity index (χ1n) is 13.4. The number of anilines is 2. The number of rotatable bonds is 10. The Morgan fingerprint density at radius 2 is 1.55 bits per heavy atom. The van der Waals surface area contributed by atoms with E-state index in [0.717, 1.165) is 4.90 Å². The minimum atomic E-state index is -0.593. The minimum Gasteiger partial charge on any atom is -0.454 e. The van der Waals surface area contributed by atoms with E-state index in [2.05, 4.69) is 16.0 Å². The van der Waals surface area contributed by atoms with Crippen molar-refractivity contribution in [3.05, 3.63) is 124 Å². The van der Waals surface area contributed by atoms with E-state index >= 15 is 0 Å². The van der Waals surface area contributed by atoms with Crippen LogP contribution < -0.4 is 25.4 Å². The van der Waals surface area contributed by atoms with E-state index in [-0.39, 0.29) is 24.1 Å². The van der Waals surface area contributed by atoms with Gasteiger partial charge in [-0.1, -0.05) is 18.2 Å². The summed E-state index contributed by atoms with van der Waals surface area (Å²) >= 11 is 1.34. The number of nitro groups is 1. The number of thioether (sulfide) groups is 1. The second-order valence-electron chi connectivity index (χ2n) is 9.52. The highest BCUT2D eigenvalue weighted by Gasteiger charge is 2.19. The van der Waals surface area contributed by atoms with Gasteiger partial charge in [-0.2, -0.15) is 0 Å². The van der Waals surface area contributed by atoms with Crippen molar-refractivity contribution in [2.45, 2.75) is 17.1 Å². The molecule has 1 atom stereocenters. The van der Waals surface area contributed by atoms with Crippen LogP contribution in [0, 0.1) is 10.1 Å². The van der Waals surface area contributed by atoms with Gasteiger partial charge in [0.05, 0.1) is 10.2 Å². The van der Waals surface area contributed by atoms with Crippen LogP contribution in [-0.2, 0) is 9.59 Å². The summed E-state index contributed by atoms with van der Waals surface area (Å²) in [6, 6.07) is 26.1. The van der Waals surface area contributed by atoms with Crippen LogP contribution in [0.25, 0.3) is 6.08 Å². The summed E-state index contributed by atoms with van der Waals surface area (Å²) in [5.41, 5.74) is 1.74. The molecule has 0 bridgehead atoms. The Hall–Kier alpha value is -5.62. The molecule has 11 nitrogen and oxygen atoms in total. The average molecular weight is 611 g/mol. The fraction of sp³-hybridized carbons (Fsp3) is 0.0938. The van der Waals surface area contributed by atoms with Gasteiger partial charge in [-0.3, -0.25) is 24.5 Å². The third-order valence-corrected chi connectivity index (χ3v) is 7.49. The molecule has 0 saturated heterocycles. The molecule has 4 aromatic rings. The van der Waals surface area contributed by atoms with Crippen molar-refractivity contribution in [1.29, 1.82) is 0 Å². The second kappa shape index (κ2) is 13.6. The molecule has 3 N–H and O–H groups in total. The first-order valence-corrected chi connectivity index (χ1v) is 14.2. The minimum absolute atomic E-state index is 0.0556. The number of hydrogen-bond donors (Lipinski definition) is 3. The van der Waals surface area contributed by atoms with E-state index in [4.69, 9.17) is 9.47 Å². The van der Waals surface area contributed by atoms with Crippen molar-refractivity contribution >= 4 is 52.6 Å². The van der Waals surface area contributed by atoms with Gasteiger partial charge in [-0.25, -0.2) is 0 Å². The summed E-state index contributed by atoms with van der Waals surface area (Å²) in [5, 5.41) is 18.9. The molecule has 4 aromatic carbocycles. The molecule has 0 radical (unpaired) electrons. The lowest BCUT2D eigenvalue weighted by molar-refractivity contribution is -0.384. The van der Waals surface area contributed by atoms with Crippen molar-refractivity contribution < 1.29 is 28.8 Å². The normalized spacial score (nSPS) is 12.6. The molecule has 44 heavy (non-hydrogen) atoms. The lowest BCUT2D eigenvalue weighted by Gasteiger charge is -2.14. The number of carbonyl (C=O) groups is 3. The van der Waals surface area contributed by atoms with Gasteiger partial charge in [0.2, 0.25) is 12.7 Å². The van der Waals surface area contributed by atoms with Crippen LogP contribution in [0.15, 0.2) is 108 Å². The van der Waals surface area contributed by atoms with E-state index < -0.39 is 22.0 Å². The number of benzene rings is 4. The summed E-state index contributed by atoms with van der Waals surface area (Å²) in [4.78, 5) is 50.2. The summed E-state index contributed by atoms with van der Waals surface area (Å²) in [6.07, 6.45) is 1.44. The van der Waals surface area contributed by atoms with Crippen molar-refractivity contribution in [2.75, 3.05) is 17.4 Å². The third-order valence-electron chi connectivity index (χ3n) is 6.38. The van der Waals surface area contributed by atoms with Gasteiger partial charge in [-0.15, -0.1) is 11.8 Å². The molecule has 1 aliphatic heterocycles. The van der Waals surface area contributed by atoms with Gasteiger partial charge in [0.1, 0.15) is 5.70 Å². The zero-order valence-corrected chi connectivity index (χ0v) is 24.1. The zero-order valence-electron chi connectivity index (χ0n) is 23.3. The molecule has 12 heteroatoms. The van der Waals surface area contributed by atoms with Gasteiger partial charge >= 0.3 is 0 Å². The van der Waals surface area contributed by atoms with E-state index in [0.29, 0.717) is 34.0 Å². The maximum atomic E-state index is 13.3. The molecule has 0 fully saturated rings. The maximum Gasteiger partial charge on any atom is 0.272 e. The van der Waals surface area contributed by atoms with Crippen LogP contribution in [0.2, 0.25) is 0 Å². The Bertz CT molecular complexity index is 1730. The number of carbonyl (C=O) groups excluding carboxylic acids is 3. The number of hydrogen-bond acceptors (Lipinski definition) is 8. The third kappa shape index (κ3) is 7.61. The van der Waals surface area contributed by atoms with Gasteiger partial charge in [0.25, 0.3) is 17.5 Å². The van der Waals surface area contributed by atoms with E-state index in [1.54, 1.807) is 79.7 Å². The standard InChI is InChI=1S/C32H26N4O7S/c1-20(30(37)34-24-11-16-28-29(18-24)43-19-42-28)44-26-14-9-23(10-15-26)33-32(39)27(35-31(38)22-5-3-2-4-6-22)17-21-7-12-25(13-8-21)36(40)41/h2-18,20H,19H2,1H3,(H,33,39)(H,34,37)(H,35,38)/b27-17-. The van der Waals surface area contributed by atoms with Crippen LogP contribution in [0.4, 0.5) is 17.1 Å². The molecule has 3 amide bonds. The highest BCUT2D eigenvalue weighted by atomic mass is 32.2. The summed E-state index contributed by atoms with van der Waals surface area (Å²) in [5.74, 6) is -0.0733. The highest BCUT2D eigenvalue weighted by molar-refractivity contribution is 8.00. The smallest absolute Gasteiger partial charge is 0.272 e. The summed E-state index contributed by atoms with van der Waals surface area (Å²) in [6.45, 7) is 1.93. The fourth-order valence-electron chi connectivity index (χ4n) is 4.09. The lowest BCUT2D eigenvalue weighted by atomic mass is 10.1. The second-order valence-corrected chi connectivity index (χ2v) is 10.9. The molecule has 0 spiro atoms. The Morgan fingerprint density at radius 1 is 0.864 bits per heavy atom. The molecule has 222 valence electrons. The van der Waals surface area contributed by atoms with Crippen LogP contribution in [0.5, 0.6) is 11.5 Å². The maximum absolute atomic E-state index is 13.3. The first-order chi connectivity index (χ1) is 21.2. The van der Waals surface area contributed by atoms with Crippen molar-refractivity contribution in [3.63, 3.8) is 0 Å². The van der Waals surface area contributed by atoms with Gasteiger partial charge in [0.15, 0.2) is 11.5 Å². The monoisotopic (exact) mass is 610 g/mol. The Labute approximate surface area is 256 Å². The van der Waals surface area contributed by atoms with E-state index in [9.17, 15) is 24.5 Å².